The normalized spacial score (nSPS) is 25.9. The largest absolute Gasteiger partial charge is 0.315 e. The fraction of sp³-hybridized carbons (Fsp3) is 1.00. The van der Waals surface area contributed by atoms with E-state index >= 15 is 0 Å². The van der Waals surface area contributed by atoms with Gasteiger partial charge in [-0.1, -0.05) is 40.5 Å². The van der Waals surface area contributed by atoms with E-state index in [1.165, 1.54) is 38.8 Å². The maximum Gasteiger partial charge on any atom is 0.0198 e. The summed E-state index contributed by atoms with van der Waals surface area (Å²) < 4.78 is 0. The second-order valence-corrected chi connectivity index (χ2v) is 6.33. The standard InChI is InChI=1S/C14H30N2/c1-5-6-12(2)7-8-15-10-13-9-14(3,4)11-16-13/h12-13,15-16H,5-11H2,1-4H3. The van der Waals surface area contributed by atoms with Crippen LogP contribution in [0.4, 0.5) is 0 Å². The van der Waals surface area contributed by atoms with Gasteiger partial charge in [-0.05, 0) is 30.7 Å². The highest BCUT2D eigenvalue weighted by molar-refractivity contribution is 4.88. The molecule has 0 radical (unpaired) electrons. The molecule has 0 aromatic heterocycles. The summed E-state index contributed by atoms with van der Waals surface area (Å²) in [6.45, 7) is 12.8. The minimum absolute atomic E-state index is 0.502. The molecule has 96 valence electrons. The third kappa shape index (κ3) is 5.31. The van der Waals surface area contributed by atoms with E-state index in [0.29, 0.717) is 11.5 Å². The summed E-state index contributed by atoms with van der Waals surface area (Å²) in [5, 5.41) is 7.19. The summed E-state index contributed by atoms with van der Waals surface area (Å²) in [5.74, 6) is 0.880. The molecule has 1 rings (SSSR count). The fourth-order valence-corrected chi connectivity index (χ4v) is 2.64. The molecule has 2 nitrogen and oxygen atoms in total. The average Bonchev–Trinajstić information content (AvgIpc) is 2.54. The zero-order valence-corrected chi connectivity index (χ0v) is 11.6. The van der Waals surface area contributed by atoms with Crippen LogP contribution in [0.5, 0.6) is 0 Å². The van der Waals surface area contributed by atoms with E-state index in [0.717, 1.165) is 12.5 Å². The van der Waals surface area contributed by atoms with Crippen LogP contribution in [0.3, 0.4) is 0 Å². The van der Waals surface area contributed by atoms with Gasteiger partial charge in [0, 0.05) is 19.1 Å². The van der Waals surface area contributed by atoms with Crippen molar-refractivity contribution in [2.75, 3.05) is 19.6 Å². The van der Waals surface area contributed by atoms with Gasteiger partial charge in [0.25, 0.3) is 0 Å². The third-order valence-electron chi connectivity index (χ3n) is 3.65. The van der Waals surface area contributed by atoms with E-state index in [9.17, 15) is 0 Å². The average molecular weight is 226 g/mol. The minimum Gasteiger partial charge on any atom is -0.315 e. The molecule has 0 saturated carbocycles. The molecule has 1 fully saturated rings. The van der Waals surface area contributed by atoms with Gasteiger partial charge in [-0.15, -0.1) is 0 Å². The smallest absolute Gasteiger partial charge is 0.0198 e. The van der Waals surface area contributed by atoms with E-state index in [1.807, 2.05) is 0 Å². The molecule has 0 aliphatic carbocycles. The number of rotatable bonds is 7. The SMILES string of the molecule is CCCC(C)CCNCC1CC(C)(C)CN1. The van der Waals surface area contributed by atoms with Crippen LogP contribution in [0, 0.1) is 11.3 Å². The van der Waals surface area contributed by atoms with E-state index in [2.05, 4.69) is 38.3 Å². The molecule has 1 aliphatic heterocycles. The summed E-state index contributed by atoms with van der Waals surface area (Å²) in [6, 6.07) is 0.691. The van der Waals surface area contributed by atoms with E-state index in [4.69, 9.17) is 0 Å². The van der Waals surface area contributed by atoms with Crippen LogP contribution in [0.15, 0.2) is 0 Å². The Bertz CT molecular complexity index is 189. The van der Waals surface area contributed by atoms with Crippen molar-refractivity contribution in [1.29, 1.82) is 0 Å². The number of hydrogen-bond donors (Lipinski definition) is 2. The first kappa shape index (κ1) is 14.0. The Morgan fingerprint density at radius 3 is 2.69 bits per heavy atom. The Morgan fingerprint density at radius 2 is 2.12 bits per heavy atom. The Morgan fingerprint density at radius 1 is 1.38 bits per heavy atom. The highest BCUT2D eigenvalue weighted by atomic mass is 15.0. The molecule has 2 atom stereocenters. The highest BCUT2D eigenvalue weighted by Gasteiger charge is 2.29. The maximum atomic E-state index is 3.60. The van der Waals surface area contributed by atoms with Crippen molar-refractivity contribution >= 4 is 0 Å². The third-order valence-corrected chi connectivity index (χ3v) is 3.65. The molecule has 2 unspecified atom stereocenters. The van der Waals surface area contributed by atoms with Crippen LogP contribution in [-0.2, 0) is 0 Å². The molecule has 0 aromatic rings. The van der Waals surface area contributed by atoms with Gasteiger partial charge in [0.1, 0.15) is 0 Å². The molecule has 0 aromatic carbocycles. The van der Waals surface area contributed by atoms with Crippen molar-refractivity contribution in [3.63, 3.8) is 0 Å². The highest BCUT2D eigenvalue weighted by Crippen LogP contribution is 2.26. The van der Waals surface area contributed by atoms with Gasteiger partial charge in [-0.2, -0.15) is 0 Å². The molecule has 1 heterocycles. The summed E-state index contributed by atoms with van der Waals surface area (Å²) in [5.41, 5.74) is 0.502. The van der Waals surface area contributed by atoms with Gasteiger partial charge in [0.05, 0.1) is 0 Å². The van der Waals surface area contributed by atoms with Crippen molar-refractivity contribution in [2.24, 2.45) is 11.3 Å². The minimum atomic E-state index is 0.502. The molecular weight excluding hydrogens is 196 g/mol. The topological polar surface area (TPSA) is 24.1 Å². The van der Waals surface area contributed by atoms with Gasteiger partial charge in [-0.25, -0.2) is 0 Å². The Balaban J connectivity index is 2.00. The van der Waals surface area contributed by atoms with Crippen molar-refractivity contribution in [3.8, 4) is 0 Å². The molecule has 0 bridgehead atoms. The second-order valence-electron chi connectivity index (χ2n) is 6.33. The first-order valence-electron chi connectivity index (χ1n) is 6.97. The Labute approximate surface area is 102 Å². The predicted molar refractivity (Wildman–Crippen MR) is 71.7 cm³/mol. The van der Waals surface area contributed by atoms with E-state index in [1.54, 1.807) is 0 Å². The van der Waals surface area contributed by atoms with Gasteiger partial charge >= 0.3 is 0 Å². The first-order valence-corrected chi connectivity index (χ1v) is 6.97. The Kier molecular flexibility index (Phi) is 5.77. The van der Waals surface area contributed by atoms with Gasteiger partial charge in [-0.3, -0.25) is 0 Å². The van der Waals surface area contributed by atoms with Crippen LogP contribution in [0.1, 0.15) is 53.4 Å². The fourth-order valence-electron chi connectivity index (χ4n) is 2.64. The lowest BCUT2D eigenvalue weighted by Gasteiger charge is -2.16. The number of hydrogen-bond acceptors (Lipinski definition) is 2. The second kappa shape index (κ2) is 6.61. The lowest BCUT2D eigenvalue weighted by molar-refractivity contribution is 0.394. The molecule has 2 N–H and O–H groups in total. The van der Waals surface area contributed by atoms with E-state index in [-0.39, 0.29) is 0 Å². The lowest BCUT2D eigenvalue weighted by atomic mass is 9.90. The van der Waals surface area contributed by atoms with E-state index < -0.39 is 0 Å². The monoisotopic (exact) mass is 226 g/mol. The van der Waals surface area contributed by atoms with Crippen LogP contribution in [0.25, 0.3) is 0 Å². The summed E-state index contributed by atoms with van der Waals surface area (Å²) in [7, 11) is 0. The van der Waals surface area contributed by atoms with Gasteiger partial charge < -0.3 is 10.6 Å². The lowest BCUT2D eigenvalue weighted by Crippen LogP contribution is -2.34. The Hall–Kier alpha value is -0.0800. The number of nitrogens with one attached hydrogen (secondary N) is 2. The quantitative estimate of drug-likeness (QED) is 0.652. The van der Waals surface area contributed by atoms with Crippen LogP contribution >= 0.6 is 0 Å². The zero-order chi connectivity index (χ0) is 12.0. The zero-order valence-electron chi connectivity index (χ0n) is 11.6. The molecule has 1 aliphatic rings. The van der Waals surface area contributed by atoms with Crippen molar-refractivity contribution in [2.45, 2.75) is 59.4 Å². The summed E-state index contributed by atoms with van der Waals surface area (Å²) in [4.78, 5) is 0. The van der Waals surface area contributed by atoms with Crippen LogP contribution in [-0.4, -0.2) is 25.7 Å². The molecule has 0 amide bonds. The van der Waals surface area contributed by atoms with Crippen molar-refractivity contribution in [3.05, 3.63) is 0 Å². The first-order chi connectivity index (χ1) is 7.53. The molecule has 16 heavy (non-hydrogen) atoms. The van der Waals surface area contributed by atoms with Crippen LogP contribution in [0.2, 0.25) is 0 Å². The molecular formula is C14H30N2. The molecule has 1 saturated heterocycles. The summed E-state index contributed by atoms with van der Waals surface area (Å²) in [6.07, 6.45) is 5.32. The van der Waals surface area contributed by atoms with Gasteiger partial charge in [0.2, 0.25) is 0 Å². The van der Waals surface area contributed by atoms with Crippen LogP contribution < -0.4 is 10.6 Å². The van der Waals surface area contributed by atoms with Crippen molar-refractivity contribution < 1.29 is 0 Å². The summed E-state index contributed by atoms with van der Waals surface area (Å²) >= 11 is 0. The maximum absolute atomic E-state index is 3.60. The van der Waals surface area contributed by atoms with Gasteiger partial charge in [0.15, 0.2) is 0 Å². The molecule has 2 heteroatoms. The van der Waals surface area contributed by atoms with Crippen molar-refractivity contribution in [1.82, 2.24) is 10.6 Å². The molecule has 0 spiro atoms. The predicted octanol–water partition coefficient (Wildman–Crippen LogP) is 2.79.